The molecule has 2 fully saturated rings. The lowest BCUT2D eigenvalue weighted by Crippen LogP contribution is -2.51. The molecule has 2 aromatic carbocycles. The standard InChI is InChI=1S/C24H27N3O6/c1-31-16-20(28)25-19-9-7-18(8-10-19)22-21(23(29)26-11-13-32-14-12-26)27(24(30)33-22)15-17-5-3-2-4-6-17/h2-10,21-22H,11-16H2,1H3,(H,25,28). The molecule has 9 heteroatoms. The van der Waals surface area contributed by atoms with Crippen molar-refractivity contribution in [3.05, 3.63) is 65.7 Å². The van der Waals surface area contributed by atoms with E-state index in [0.29, 0.717) is 37.6 Å². The number of morpholine rings is 1. The van der Waals surface area contributed by atoms with Crippen LogP contribution in [-0.4, -0.2) is 73.8 Å². The van der Waals surface area contributed by atoms with Crippen LogP contribution >= 0.6 is 0 Å². The summed E-state index contributed by atoms with van der Waals surface area (Å²) in [4.78, 5) is 41.4. The highest BCUT2D eigenvalue weighted by molar-refractivity contribution is 5.92. The number of rotatable bonds is 7. The number of anilines is 1. The second-order valence-corrected chi connectivity index (χ2v) is 7.90. The number of amides is 3. The van der Waals surface area contributed by atoms with Gasteiger partial charge < -0.3 is 24.4 Å². The Morgan fingerprint density at radius 1 is 1.06 bits per heavy atom. The molecule has 0 aliphatic carbocycles. The molecule has 2 saturated heterocycles. The number of nitrogens with one attached hydrogen (secondary N) is 1. The molecule has 0 spiro atoms. The summed E-state index contributed by atoms with van der Waals surface area (Å²) in [6.07, 6.45) is -1.30. The molecule has 0 radical (unpaired) electrons. The minimum absolute atomic E-state index is 0.0490. The van der Waals surface area contributed by atoms with Crippen LogP contribution in [0.15, 0.2) is 54.6 Å². The molecule has 2 aliphatic heterocycles. The molecule has 2 heterocycles. The molecule has 174 valence electrons. The van der Waals surface area contributed by atoms with E-state index >= 15 is 0 Å². The largest absolute Gasteiger partial charge is 0.438 e. The molecule has 2 unspecified atom stereocenters. The zero-order valence-electron chi connectivity index (χ0n) is 18.4. The van der Waals surface area contributed by atoms with E-state index in [2.05, 4.69) is 5.32 Å². The average molecular weight is 453 g/mol. The highest BCUT2D eigenvalue weighted by Crippen LogP contribution is 2.35. The van der Waals surface area contributed by atoms with Gasteiger partial charge in [-0.25, -0.2) is 4.79 Å². The zero-order valence-corrected chi connectivity index (χ0v) is 18.4. The second-order valence-electron chi connectivity index (χ2n) is 7.90. The summed E-state index contributed by atoms with van der Waals surface area (Å²) in [7, 11) is 1.45. The van der Waals surface area contributed by atoms with Gasteiger partial charge in [-0.2, -0.15) is 0 Å². The predicted octanol–water partition coefficient (Wildman–Crippen LogP) is 2.19. The fraction of sp³-hybridized carbons (Fsp3) is 0.375. The van der Waals surface area contributed by atoms with Gasteiger partial charge in [0.05, 0.1) is 19.8 Å². The number of hydrogen-bond acceptors (Lipinski definition) is 6. The molecule has 2 aliphatic rings. The fourth-order valence-electron chi connectivity index (χ4n) is 4.03. The number of nitrogens with zero attached hydrogens (tertiary/aromatic N) is 2. The van der Waals surface area contributed by atoms with Crippen LogP contribution in [0, 0.1) is 0 Å². The molecule has 0 saturated carbocycles. The van der Waals surface area contributed by atoms with Gasteiger partial charge in [0, 0.05) is 25.9 Å². The highest BCUT2D eigenvalue weighted by atomic mass is 16.6. The molecule has 9 nitrogen and oxygen atoms in total. The Morgan fingerprint density at radius 2 is 1.76 bits per heavy atom. The number of ether oxygens (including phenoxy) is 3. The fourth-order valence-corrected chi connectivity index (χ4v) is 4.03. The van der Waals surface area contributed by atoms with Crippen molar-refractivity contribution in [2.24, 2.45) is 0 Å². The SMILES string of the molecule is COCC(=O)Nc1ccc(C2OC(=O)N(Cc3ccccc3)C2C(=O)N2CCOCC2)cc1. The monoisotopic (exact) mass is 453 g/mol. The first-order chi connectivity index (χ1) is 16.1. The van der Waals surface area contributed by atoms with Crippen LogP contribution in [0.3, 0.4) is 0 Å². The first-order valence-electron chi connectivity index (χ1n) is 10.8. The topological polar surface area (TPSA) is 97.4 Å². The Kier molecular flexibility index (Phi) is 7.21. The Morgan fingerprint density at radius 3 is 2.42 bits per heavy atom. The molecule has 2 aromatic rings. The maximum atomic E-state index is 13.5. The highest BCUT2D eigenvalue weighted by Gasteiger charge is 2.48. The molecule has 4 rings (SSSR count). The summed E-state index contributed by atoms with van der Waals surface area (Å²) in [6, 6.07) is 15.6. The third kappa shape index (κ3) is 5.32. The van der Waals surface area contributed by atoms with Gasteiger partial charge in [-0.05, 0) is 23.3 Å². The van der Waals surface area contributed by atoms with Crippen LogP contribution < -0.4 is 5.32 Å². The molecule has 0 bridgehead atoms. The molecule has 2 atom stereocenters. The summed E-state index contributed by atoms with van der Waals surface area (Å²) in [5.74, 6) is -0.436. The quantitative estimate of drug-likeness (QED) is 0.690. The lowest BCUT2D eigenvalue weighted by Gasteiger charge is -2.32. The van der Waals surface area contributed by atoms with Gasteiger partial charge in [0.15, 0.2) is 12.1 Å². The first kappa shape index (κ1) is 22.8. The molecular weight excluding hydrogens is 426 g/mol. The lowest BCUT2D eigenvalue weighted by atomic mass is 9.99. The summed E-state index contributed by atoms with van der Waals surface area (Å²) < 4.78 is 15.9. The van der Waals surface area contributed by atoms with E-state index in [9.17, 15) is 14.4 Å². The Balaban J connectivity index is 1.59. The lowest BCUT2D eigenvalue weighted by molar-refractivity contribution is -0.141. The van der Waals surface area contributed by atoms with Gasteiger partial charge in [-0.1, -0.05) is 42.5 Å². The van der Waals surface area contributed by atoms with Crippen molar-refractivity contribution < 1.29 is 28.6 Å². The first-order valence-corrected chi connectivity index (χ1v) is 10.8. The van der Waals surface area contributed by atoms with Crippen molar-refractivity contribution in [1.29, 1.82) is 0 Å². The van der Waals surface area contributed by atoms with E-state index in [-0.39, 0.29) is 25.0 Å². The minimum Gasteiger partial charge on any atom is -0.438 e. The van der Waals surface area contributed by atoms with E-state index in [1.165, 1.54) is 12.0 Å². The van der Waals surface area contributed by atoms with Crippen molar-refractivity contribution in [1.82, 2.24) is 9.80 Å². The smallest absolute Gasteiger partial charge is 0.411 e. The number of carbonyl (C=O) groups is 3. The molecule has 0 aromatic heterocycles. The maximum absolute atomic E-state index is 13.5. The summed E-state index contributed by atoms with van der Waals surface area (Å²) in [6.45, 7) is 2.09. The van der Waals surface area contributed by atoms with E-state index < -0.39 is 18.2 Å². The number of benzene rings is 2. The van der Waals surface area contributed by atoms with Crippen molar-refractivity contribution in [3.63, 3.8) is 0 Å². The van der Waals surface area contributed by atoms with Gasteiger partial charge in [0.1, 0.15) is 6.61 Å². The minimum atomic E-state index is -0.801. The van der Waals surface area contributed by atoms with Crippen molar-refractivity contribution in [2.45, 2.75) is 18.7 Å². The molecular formula is C24H27N3O6. The third-order valence-electron chi connectivity index (χ3n) is 5.65. The van der Waals surface area contributed by atoms with Crippen LogP contribution in [-0.2, 0) is 30.3 Å². The molecule has 33 heavy (non-hydrogen) atoms. The second kappa shape index (κ2) is 10.5. The summed E-state index contributed by atoms with van der Waals surface area (Å²) in [5, 5.41) is 2.73. The molecule has 1 N–H and O–H groups in total. The number of hydrogen-bond donors (Lipinski definition) is 1. The zero-order chi connectivity index (χ0) is 23.2. The van der Waals surface area contributed by atoms with E-state index in [4.69, 9.17) is 14.2 Å². The Hall–Kier alpha value is -3.43. The van der Waals surface area contributed by atoms with Crippen LogP contribution in [0.1, 0.15) is 17.2 Å². The average Bonchev–Trinajstić information content (AvgIpc) is 3.16. The van der Waals surface area contributed by atoms with Crippen molar-refractivity contribution in [3.8, 4) is 0 Å². The van der Waals surface area contributed by atoms with Gasteiger partial charge in [0.2, 0.25) is 11.8 Å². The maximum Gasteiger partial charge on any atom is 0.411 e. The van der Waals surface area contributed by atoms with Crippen molar-refractivity contribution in [2.75, 3.05) is 45.3 Å². The van der Waals surface area contributed by atoms with Crippen LogP contribution in [0.4, 0.5) is 10.5 Å². The van der Waals surface area contributed by atoms with Crippen LogP contribution in [0.2, 0.25) is 0 Å². The van der Waals surface area contributed by atoms with Gasteiger partial charge in [0.25, 0.3) is 0 Å². The number of methoxy groups -OCH3 is 1. The normalized spacial score (nSPS) is 20.5. The molecule has 3 amide bonds. The summed E-state index contributed by atoms with van der Waals surface area (Å²) >= 11 is 0. The number of cyclic esters (lactones) is 1. The van der Waals surface area contributed by atoms with E-state index in [0.717, 1.165) is 5.56 Å². The Bertz CT molecular complexity index is 975. The third-order valence-corrected chi connectivity index (χ3v) is 5.65. The van der Waals surface area contributed by atoms with Gasteiger partial charge in [-0.15, -0.1) is 0 Å². The summed E-state index contributed by atoms with van der Waals surface area (Å²) in [5.41, 5.74) is 2.17. The van der Waals surface area contributed by atoms with Crippen LogP contribution in [0.5, 0.6) is 0 Å². The van der Waals surface area contributed by atoms with Crippen molar-refractivity contribution >= 4 is 23.6 Å². The predicted molar refractivity (Wildman–Crippen MR) is 119 cm³/mol. The van der Waals surface area contributed by atoms with E-state index in [1.807, 2.05) is 30.3 Å². The van der Waals surface area contributed by atoms with Crippen LogP contribution in [0.25, 0.3) is 0 Å². The van der Waals surface area contributed by atoms with Gasteiger partial charge >= 0.3 is 6.09 Å². The van der Waals surface area contributed by atoms with E-state index in [1.54, 1.807) is 29.2 Å². The number of carbonyl (C=O) groups excluding carboxylic acids is 3. The Labute approximate surface area is 192 Å². The van der Waals surface area contributed by atoms with Gasteiger partial charge in [-0.3, -0.25) is 14.5 Å².